The van der Waals surface area contributed by atoms with Gasteiger partial charge in [0.2, 0.25) is 0 Å². The predicted molar refractivity (Wildman–Crippen MR) is 79.5 cm³/mol. The molecule has 1 heterocycles. The second-order valence-electron chi connectivity index (χ2n) is 4.95. The fraction of sp³-hybridized carbons (Fsp3) is 0.235. The number of nitrogens with zero attached hydrogens (tertiary/aromatic N) is 2. The van der Waals surface area contributed by atoms with Crippen molar-refractivity contribution in [3.8, 4) is 6.07 Å². The van der Waals surface area contributed by atoms with Gasteiger partial charge in [0.25, 0.3) is 0 Å². The number of hydrogen-bond donors (Lipinski definition) is 0. The first-order valence-electron chi connectivity index (χ1n) is 6.47. The quantitative estimate of drug-likeness (QED) is 0.740. The van der Waals surface area contributed by atoms with Gasteiger partial charge in [-0.15, -0.1) is 0 Å². The van der Waals surface area contributed by atoms with Crippen LogP contribution in [0.3, 0.4) is 0 Å². The van der Waals surface area contributed by atoms with E-state index < -0.39 is 0 Å². The van der Waals surface area contributed by atoms with Crippen molar-refractivity contribution in [3.05, 3.63) is 59.4 Å². The maximum Gasteiger partial charge on any atom is 0.0998 e. The Morgan fingerprint density at radius 3 is 2.47 bits per heavy atom. The zero-order valence-corrected chi connectivity index (χ0v) is 11.6. The van der Waals surface area contributed by atoms with E-state index >= 15 is 0 Å². The highest BCUT2D eigenvalue weighted by atomic mass is 15.0. The molecular formula is C17H18N2. The number of allylic oxidation sites excluding steroid dienone is 1. The van der Waals surface area contributed by atoms with E-state index in [1.807, 2.05) is 36.4 Å². The van der Waals surface area contributed by atoms with Gasteiger partial charge in [-0.2, -0.15) is 5.26 Å². The molecule has 0 N–H and O–H groups in total. The Balaban J connectivity index is 2.40. The number of hydrogen-bond acceptors (Lipinski definition) is 1. The summed E-state index contributed by atoms with van der Waals surface area (Å²) in [4.78, 5) is 0. The van der Waals surface area contributed by atoms with Crippen molar-refractivity contribution in [1.29, 1.82) is 5.26 Å². The van der Waals surface area contributed by atoms with Gasteiger partial charge in [0.15, 0.2) is 0 Å². The average Bonchev–Trinajstić information content (AvgIpc) is 2.78. The smallest absolute Gasteiger partial charge is 0.0998 e. The first-order chi connectivity index (χ1) is 9.11. The van der Waals surface area contributed by atoms with Gasteiger partial charge >= 0.3 is 0 Å². The van der Waals surface area contributed by atoms with Crippen LogP contribution < -0.4 is 0 Å². The molecule has 0 unspecified atom stereocenters. The van der Waals surface area contributed by atoms with E-state index in [1.165, 1.54) is 5.69 Å². The van der Waals surface area contributed by atoms with Gasteiger partial charge in [-0.25, -0.2) is 0 Å². The van der Waals surface area contributed by atoms with Crippen LogP contribution in [-0.4, -0.2) is 4.57 Å². The summed E-state index contributed by atoms with van der Waals surface area (Å²) < 4.78 is 2.21. The van der Waals surface area contributed by atoms with Gasteiger partial charge in [-0.05, 0) is 44.0 Å². The third-order valence-electron chi connectivity index (χ3n) is 3.14. The van der Waals surface area contributed by atoms with Crippen LogP contribution in [-0.2, 0) is 0 Å². The molecule has 0 fully saturated rings. The highest BCUT2D eigenvalue weighted by Gasteiger charge is 2.05. The minimum atomic E-state index is 0.435. The Hall–Kier alpha value is -2.27. The van der Waals surface area contributed by atoms with Gasteiger partial charge in [-0.1, -0.05) is 30.3 Å². The largest absolute Gasteiger partial charge is 0.349 e. The van der Waals surface area contributed by atoms with Crippen LogP contribution in [0, 0.1) is 18.3 Å². The summed E-state index contributed by atoms with van der Waals surface area (Å²) in [7, 11) is 0. The van der Waals surface area contributed by atoms with E-state index in [4.69, 9.17) is 0 Å². The fourth-order valence-electron chi connectivity index (χ4n) is 2.22. The van der Waals surface area contributed by atoms with Crippen LogP contribution in [0.25, 0.3) is 11.6 Å². The van der Waals surface area contributed by atoms with Gasteiger partial charge in [0, 0.05) is 17.9 Å². The second-order valence-corrected chi connectivity index (χ2v) is 4.95. The molecule has 0 saturated carbocycles. The van der Waals surface area contributed by atoms with Crippen molar-refractivity contribution >= 4 is 11.6 Å². The molecule has 19 heavy (non-hydrogen) atoms. The lowest BCUT2D eigenvalue weighted by Gasteiger charge is -2.08. The number of aromatic nitrogens is 1. The lowest BCUT2D eigenvalue weighted by atomic mass is 10.1. The normalized spacial score (nSPS) is 11.6. The number of aryl methyl sites for hydroxylation is 1. The molecule has 1 aromatic carbocycles. The minimum Gasteiger partial charge on any atom is -0.349 e. The van der Waals surface area contributed by atoms with E-state index in [9.17, 15) is 5.26 Å². The Labute approximate surface area is 114 Å². The molecule has 0 bridgehead atoms. The molecule has 1 aromatic heterocycles. The van der Waals surface area contributed by atoms with Gasteiger partial charge < -0.3 is 4.57 Å². The highest BCUT2D eigenvalue weighted by molar-refractivity contribution is 5.89. The van der Waals surface area contributed by atoms with Crippen molar-refractivity contribution in [2.75, 3.05) is 0 Å². The summed E-state index contributed by atoms with van der Waals surface area (Å²) in [5, 5.41) is 9.30. The van der Waals surface area contributed by atoms with Crippen LogP contribution in [0.4, 0.5) is 0 Å². The van der Waals surface area contributed by atoms with Crippen molar-refractivity contribution in [2.24, 2.45) is 0 Å². The van der Waals surface area contributed by atoms with E-state index in [2.05, 4.69) is 43.7 Å². The third kappa shape index (κ3) is 2.95. The van der Waals surface area contributed by atoms with Gasteiger partial charge in [0.05, 0.1) is 11.6 Å². The van der Waals surface area contributed by atoms with E-state index in [1.54, 1.807) is 0 Å². The van der Waals surface area contributed by atoms with Crippen LogP contribution >= 0.6 is 0 Å². The summed E-state index contributed by atoms with van der Waals surface area (Å²) in [6, 6.07) is 14.6. The van der Waals surface area contributed by atoms with Crippen molar-refractivity contribution < 1.29 is 0 Å². The molecule has 0 radical (unpaired) electrons. The first kappa shape index (κ1) is 13.2. The maximum absolute atomic E-state index is 9.30. The van der Waals surface area contributed by atoms with E-state index in [0.29, 0.717) is 11.6 Å². The first-order valence-corrected chi connectivity index (χ1v) is 6.47. The minimum absolute atomic E-state index is 0.435. The second kappa shape index (κ2) is 5.58. The van der Waals surface area contributed by atoms with Crippen LogP contribution in [0.1, 0.15) is 36.7 Å². The maximum atomic E-state index is 9.30. The standard InChI is InChI=1S/C17H18N2/c1-13(2)19-12-15(9-14(19)3)10-17(11-18)16-7-5-4-6-8-16/h4-10,12-13H,1-3H3/b17-10-. The molecule has 0 amide bonds. The molecule has 2 aromatic rings. The zero-order valence-electron chi connectivity index (χ0n) is 11.6. The molecule has 2 nitrogen and oxygen atoms in total. The number of nitriles is 1. The Bertz CT molecular complexity index is 625. The van der Waals surface area contributed by atoms with E-state index in [-0.39, 0.29) is 0 Å². The molecular weight excluding hydrogens is 232 g/mol. The summed E-state index contributed by atoms with van der Waals surface area (Å²) >= 11 is 0. The Morgan fingerprint density at radius 2 is 1.95 bits per heavy atom. The Morgan fingerprint density at radius 1 is 1.26 bits per heavy atom. The van der Waals surface area contributed by atoms with Crippen LogP contribution in [0.5, 0.6) is 0 Å². The topological polar surface area (TPSA) is 28.7 Å². The molecule has 2 rings (SSSR count). The molecule has 0 aliphatic heterocycles. The van der Waals surface area contributed by atoms with Crippen molar-refractivity contribution in [2.45, 2.75) is 26.8 Å². The van der Waals surface area contributed by atoms with Gasteiger partial charge in [-0.3, -0.25) is 0 Å². The lowest BCUT2D eigenvalue weighted by Crippen LogP contribution is -1.99. The molecule has 0 aliphatic rings. The predicted octanol–water partition coefficient (Wildman–Crippen LogP) is 4.44. The van der Waals surface area contributed by atoms with Crippen molar-refractivity contribution in [3.63, 3.8) is 0 Å². The lowest BCUT2D eigenvalue weighted by molar-refractivity contribution is 0.589. The van der Waals surface area contributed by atoms with Gasteiger partial charge in [0.1, 0.15) is 0 Å². The Kier molecular flexibility index (Phi) is 3.87. The molecule has 2 heteroatoms. The van der Waals surface area contributed by atoms with Crippen LogP contribution in [0.15, 0.2) is 42.6 Å². The number of benzene rings is 1. The average molecular weight is 250 g/mol. The SMILES string of the molecule is Cc1cc(/C=C(/C#N)c2ccccc2)cn1C(C)C. The van der Waals surface area contributed by atoms with E-state index in [0.717, 1.165) is 11.1 Å². The summed E-state index contributed by atoms with van der Waals surface area (Å²) in [5.41, 5.74) is 3.94. The van der Waals surface area contributed by atoms with Crippen LogP contribution in [0.2, 0.25) is 0 Å². The highest BCUT2D eigenvalue weighted by Crippen LogP contribution is 2.20. The monoisotopic (exact) mass is 250 g/mol. The fourth-order valence-corrected chi connectivity index (χ4v) is 2.22. The summed E-state index contributed by atoms with van der Waals surface area (Å²) in [6.45, 7) is 6.40. The van der Waals surface area contributed by atoms with Crippen molar-refractivity contribution in [1.82, 2.24) is 4.57 Å². The molecule has 0 aliphatic carbocycles. The summed E-state index contributed by atoms with van der Waals surface area (Å²) in [5.74, 6) is 0. The molecule has 0 atom stereocenters. The molecule has 0 saturated heterocycles. The molecule has 96 valence electrons. The number of rotatable bonds is 3. The summed E-state index contributed by atoms with van der Waals surface area (Å²) in [6.07, 6.45) is 4.04. The molecule has 0 spiro atoms. The third-order valence-corrected chi connectivity index (χ3v) is 3.14. The zero-order chi connectivity index (χ0) is 13.8.